The molecule has 2 aliphatic rings. The zero-order valence-electron chi connectivity index (χ0n) is 12.4. The van der Waals surface area contributed by atoms with E-state index >= 15 is 0 Å². The van der Waals surface area contributed by atoms with Crippen LogP contribution < -0.4 is 10.6 Å². The molecular weight excluding hydrogens is 251 g/mol. The highest BCUT2D eigenvalue weighted by atomic mass is 19.1. The van der Waals surface area contributed by atoms with E-state index in [1.165, 1.54) is 38.5 Å². The molecule has 2 fully saturated rings. The summed E-state index contributed by atoms with van der Waals surface area (Å²) in [5.41, 5.74) is 8.70. The smallest absolute Gasteiger partial charge is 0.123 e. The number of piperidine rings is 1. The lowest BCUT2D eigenvalue weighted by molar-refractivity contribution is 0.226. The van der Waals surface area contributed by atoms with Crippen molar-refractivity contribution in [1.29, 1.82) is 0 Å². The van der Waals surface area contributed by atoms with E-state index in [4.69, 9.17) is 5.73 Å². The van der Waals surface area contributed by atoms with Gasteiger partial charge in [0.05, 0.1) is 0 Å². The van der Waals surface area contributed by atoms with Gasteiger partial charge in [-0.15, -0.1) is 0 Å². The average molecular weight is 276 g/mol. The molecule has 1 atom stereocenters. The highest BCUT2D eigenvalue weighted by Gasteiger charge is 2.37. The molecule has 1 saturated carbocycles. The van der Waals surface area contributed by atoms with Crippen LogP contribution in [0.3, 0.4) is 0 Å². The molecule has 1 aromatic carbocycles. The Bertz CT molecular complexity index is 468. The number of hydrogen-bond donors (Lipinski definition) is 1. The SMILES string of the molecule is C[C@@H](N)c1cc(F)ccc1N1CCC2(CCCC2)CC1. The molecule has 110 valence electrons. The van der Waals surface area contributed by atoms with Crippen molar-refractivity contribution in [2.75, 3.05) is 18.0 Å². The third-order valence-electron chi connectivity index (χ3n) is 5.31. The lowest BCUT2D eigenvalue weighted by Gasteiger charge is -2.41. The van der Waals surface area contributed by atoms with Crippen LogP contribution in [0.2, 0.25) is 0 Å². The molecule has 20 heavy (non-hydrogen) atoms. The van der Waals surface area contributed by atoms with Gasteiger partial charge in [-0.1, -0.05) is 12.8 Å². The van der Waals surface area contributed by atoms with Gasteiger partial charge in [-0.3, -0.25) is 0 Å². The van der Waals surface area contributed by atoms with Crippen LogP contribution in [0.5, 0.6) is 0 Å². The molecule has 2 nitrogen and oxygen atoms in total. The molecule has 1 heterocycles. The first kappa shape index (κ1) is 13.9. The Kier molecular flexibility index (Phi) is 3.72. The van der Waals surface area contributed by atoms with E-state index in [0.717, 1.165) is 24.3 Å². The van der Waals surface area contributed by atoms with Crippen LogP contribution in [0.1, 0.15) is 57.1 Å². The second-order valence-electron chi connectivity index (χ2n) is 6.69. The molecule has 0 bridgehead atoms. The maximum absolute atomic E-state index is 13.4. The fourth-order valence-corrected chi connectivity index (χ4v) is 4.03. The summed E-state index contributed by atoms with van der Waals surface area (Å²) in [6, 6.07) is 4.94. The monoisotopic (exact) mass is 276 g/mol. The molecule has 0 unspecified atom stereocenters. The third-order valence-corrected chi connectivity index (χ3v) is 5.31. The van der Waals surface area contributed by atoms with Gasteiger partial charge in [0, 0.05) is 24.8 Å². The van der Waals surface area contributed by atoms with Crippen LogP contribution in [0.4, 0.5) is 10.1 Å². The van der Waals surface area contributed by atoms with Crippen molar-refractivity contribution in [3.8, 4) is 0 Å². The average Bonchev–Trinajstić information content (AvgIpc) is 2.88. The van der Waals surface area contributed by atoms with Crippen molar-refractivity contribution in [3.05, 3.63) is 29.6 Å². The summed E-state index contributed by atoms with van der Waals surface area (Å²) in [5.74, 6) is -0.190. The Morgan fingerprint density at radius 2 is 1.80 bits per heavy atom. The van der Waals surface area contributed by atoms with Crippen molar-refractivity contribution < 1.29 is 4.39 Å². The van der Waals surface area contributed by atoms with Crippen LogP contribution >= 0.6 is 0 Å². The van der Waals surface area contributed by atoms with Crippen LogP contribution in [0.25, 0.3) is 0 Å². The molecule has 1 aliphatic heterocycles. The van der Waals surface area contributed by atoms with E-state index in [1.54, 1.807) is 12.1 Å². The molecule has 2 N–H and O–H groups in total. The number of nitrogens with zero attached hydrogens (tertiary/aromatic N) is 1. The van der Waals surface area contributed by atoms with Crippen molar-refractivity contribution in [2.24, 2.45) is 11.1 Å². The number of benzene rings is 1. The summed E-state index contributed by atoms with van der Waals surface area (Å²) in [7, 11) is 0. The van der Waals surface area contributed by atoms with Crippen molar-refractivity contribution in [2.45, 2.75) is 51.5 Å². The van der Waals surface area contributed by atoms with Gasteiger partial charge in [0.25, 0.3) is 0 Å². The fraction of sp³-hybridized carbons (Fsp3) is 0.647. The zero-order valence-corrected chi connectivity index (χ0v) is 12.4. The third kappa shape index (κ3) is 2.56. The normalized spacial score (nSPS) is 23.2. The topological polar surface area (TPSA) is 29.3 Å². The molecule has 3 rings (SSSR count). The Morgan fingerprint density at radius 3 is 2.40 bits per heavy atom. The fourth-order valence-electron chi connectivity index (χ4n) is 4.03. The summed E-state index contributed by atoms with van der Waals surface area (Å²) < 4.78 is 13.4. The molecule has 1 aliphatic carbocycles. The van der Waals surface area contributed by atoms with Gasteiger partial charge in [0.1, 0.15) is 5.82 Å². The van der Waals surface area contributed by atoms with Crippen molar-refractivity contribution >= 4 is 5.69 Å². The maximum Gasteiger partial charge on any atom is 0.123 e. The van der Waals surface area contributed by atoms with Crippen molar-refractivity contribution in [3.63, 3.8) is 0 Å². The lowest BCUT2D eigenvalue weighted by Crippen LogP contribution is -2.39. The summed E-state index contributed by atoms with van der Waals surface area (Å²) in [5, 5.41) is 0. The summed E-state index contributed by atoms with van der Waals surface area (Å²) >= 11 is 0. The van der Waals surface area contributed by atoms with E-state index in [-0.39, 0.29) is 11.9 Å². The maximum atomic E-state index is 13.4. The molecular formula is C17H25FN2. The molecule has 0 amide bonds. The van der Waals surface area contributed by atoms with E-state index in [1.807, 2.05) is 13.0 Å². The number of nitrogens with two attached hydrogens (primary N) is 1. The Hall–Kier alpha value is -1.09. The van der Waals surface area contributed by atoms with Crippen LogP contribution in [-0.4, -0.2) is 13.1 Å². The number of hydrogen-bond acceptors (Lipinski definition) is 2. The molecule has 3 heteroatoms. The van der Waals surface area contributed by atoms with Crippen LogP contribution in [0, 0.1) is 11.2 Å². The first-order chi connectivity index (χ1) is 9.60. The highest BCUT2D eigenvalue weighted by molar-refractivity contribution is 5.55. The minimum absolute atomic E-state index is 0.122. The molecule has 0 aromatic heterocycles. The largest absolute Gasteiger partial charge is 0.371 e. The first-order valence-electron chi connectivity index (χ1n) is 7.90. The quantitative estimate of drug-likeness (QED) is 0.884. The predicted molar refractivity (Wildman–Crippen MR) is 81.4 cm³/mol. The van der Waals surface area contributed by atoms with Gasteiger partial charge in [-0.2, -0.15) is 0 Å². The highest BCUT2D eigenvalue weighted by Crippen LogP contribution is 2.47. The van der Waals surface area contributed by atoms with Crippen molar-refractivity contribution in [1.82, 2.24) is 0 Å². The molecule has 1 spiro atoms. The minimum Gasteiger partial charge on any atom is -0.371 e. The second-order valence-corrected chi connectivity index (χ2v) is 6.69. The first-order valence-corrected chi connectivity index (χ1v) is 7.90. The summed E-state index contributed by atoms with van der Waals surface area (Å²) in [6.45, 7) is 4.11. The molecule has 1 saturated heterocycles. The number of rotatable bonds is 2. The van der Waals surface area contributed by atoms with Gasteiger partial charge in [0.2, 0.25) is 0 Å². The zero-order chi connectivity index (χ0) is 14.2. The van der Waals surface area contributed by atoms with E-state index in [0.29, 0.717) is 5.41 Å². The van der Waals surface area contributed by atoms with Gasteiger partial charge in [0.15, 0.2) is 0 Å². The standard InChI is InChI=1S/C17H25FN2/c1-13(19)15-12-14(18)4-5-16(15)20-10-8-17(9-11-20)6-2-3-7-17/h4-5,12-13H,2-3,6-11,19H2,1H3/t13-/m1/s1. The van der Waals surface area contributed by atoms with Gasteiger partial charge >= 0.3 is 0 Å². The van der Waals surface area contributed by atoms with Gasteiger partial charge in [-0.25, -0.2) is 4.39 Å². The number of anilines is 1. The molecule has 0 radical (unpaired) electrons. The van der Waals surface area contributed by atoms with E-state index < -0.39 is 0 Å². The van der Waals surface area contributed by atoms with Crippen LogP contribution in [0.15, 0.2) is 18.2 Å². The Balaban J connectivity index is 1.77. The summed E-state index contributed by atoms with van der Waals surface area (Å²) in [6.07, 6.45) is 8.18. The lowest BCUT2D eigenvalue weighted by atomic mass is 9.77. The summed E-state index contributed by atoms with van der Waals surface area (Å²) in [4.78, 5) is 2.40. The minimum atomic E-state index is -0.190. The Morgan fingerprint density at radius 1 is 1.15 bits per heavy atom. The predicted octanol–water partition coefficient (Wildman–Crippen LogP) is 4.01. The van der Waals surface area contributed by atoms with Gasteiger partial charge < -0.3 is 10.6 Å². The van der Waals surface area contributed by atoms with E-state index in [2.05, 4.69) is 4.90 Å². The second kappa shape index (κ2) is 5.36. The number of halogens is 1. The van der Waals surface area contributed by atoms with E-state index in [9.17, 15) is 4.39 Å². The Labute approximate surface area is 121 Å². The van der Waals surface area contributed by atoms with Gasteiger partial charge in [-0.05, 0) is 61.8 Å². The van der Waals surface area contributed by atoms with Crippen LogP contribution in [-0.2, 0) is 0 Å². The molecule has 1 aromatic rings.